The fourth-order valence-corrected chi connectivity index (χ4v) is 2.17. The minimum absolute atomic E-state index is 0.155. The van der Waals surface area contributed by atoms with Gasteiger partial charge < -0.3 is 9.53 Å². The van der Waals surface area contributed by atoms with Gasteiger partial charge in [0.05, 0.1) is 0 Å². The summed E-state index contributed by atoms with van der Waals surface area (Å²) in [6.07, 6.45) is 0.947. The first-order chi connectivity index (χ1) is 9.73. The summed E-state index contributed by atoms with van der Waals surface area (Å²) < 4.78 is 5.23. The van der Waals surface area contributed by atoms with Crippen molar-refractivity contribution in [1.29, 1.82) is 0 Å². The lowest BCUT2D eigenvalue weighted by Crippen LogP contribution is -2.27. The molecule has 1 rings (SSSR count). The van der Waals surface area contributed by atoms with Crippen LogP contribution < -0.4 is 5.32 Å². The van der Waals surface area contributed by atoms with Crippen molar-refractivity contribution in [3.05, 3.63) is 29.8 Å². The number of hydrogen-bond donors (Lipinski definition) is 1. The Hall–Kier alpha value is -1.84. The van der Waals surface area contributed by atoms with Crippen LogP contribution in [-0.4, -0.2) is 18.0 Å². The van der Waals surface area contributed by atoms with E-state index in [0.29, 0.717) is 18.0 Å². The van der Waals surface area contributed by atoms with Gasteiger partial charge in [0.2, 0.25) is 0 Å². The molecule has 21 heavy (non-hydrogen) atoms. The third-order valence-corrected chi connectivity index (χ3v) is 3.11. The van der Waals surface area contributed by atoms with Crippen molar-refractivity contribution in [3.63, 3.8) is 0 Å². The van der Waals surface area contributed by atoms with Crippen molar-refractivity contribution < 1.29 is 14.3 Å². The van der Waals surface area contributed by atoms with Gasteiger partial charge in [-0.05, 0) is 50.3 Å². The van der Waals surface area contributed by atoms with Gasteiger partial charge in [-0.15, -0.1) is 0 Å². The third kappa shape index (κ3) is 5.98. The Morgan fingerprint density at radius 1 is 1.33 bits per heavy atom. The summed E-state index contributed by atoms with van der Waals surface area (Å²) in [4.78, 5) is 22.6. The van der Waals surface area contributed by atoms with E-state index in [0.717, 1.165) is 11.8 Å². The van der Waals surface area contributed by atoms with E-state index in [2.05, 4.69) is 19.2 Å². The van der Waals surface area contributed by atoms with Gasteiger partial charge in [-0.1, -0.05) is 26.0 Å². The highest BCUT2D eigenvalue weighted by Crippen LogP contribution is 2.28. The molecule has 0 radical (unpaired) electrons. The van der Waals surface area contributed by atoms with Crippen LogP contribution in [0.5, 0.6) is 0 Å². The molecular weight excluding hydrogens is 266 g/mol. The fourth-order valence-electron chi connectivity index (χ4n) is 2.17. The van der Waals surface area contributed by atoms with Gasteiger partial charge in [0.1, 0.15) is 11.9 Å². The summed E-state index contributed by atoms with van der Waals surface area (Å²) in [5.74, 6) is 0.509. The molecule has 0 spiro atoms. The van der Waals surface area contributed by atoms with Crippen LogP contribution in [0.25, 0.3) is 0 Å². The minimum atomic E-state index is -0.528. The van der Waals surface area contributed by atoms with Crippen LogP contribution in [0.1, 0.15) is 52.5 Å². The van der Waals surface area contributed by atoms with Crippen LogP contribution in [0.4, 0.5) is 10.5 Å². The highest BCUT2D eigenvalue weighted by Gasteiger charge is 2.18. The zero-order valence-corrected chi connectivity index (χ0v) is 13.5. The average Bonchev–Trinajstić information content (AvgIpc) is 2.33. The van der Waals surface area contributed by atoms with Crippen LogP contribution in [0.15, 0.2) is 24.3 Å². The summed E-state index contributed by atoms with van der Waals surface area (Å²) in [5, 5.41) is 2.73. The molecule has 1 amide bonds. The summed E-state index contributed by atoms with van der Waals surface area (Å²) in [5.41, 5.74) is 1.20. The lowest BCUT2D eigenvalue weighted by Gasteiger charge is -2.21. The third-order valence-electron chi connectivity index (χ3n) is 3.11. The molecule has 0 aromatic heterocycles. The number of hydrogen-bond acceptors (Lipinski definition) is 3. The van der Waals surface area contributed by atoms with Crippen molar-refractivity contribution in [1.82, 2.24) is 0 Å². The number of ether oxygens (including phenoxy) is 1. The molecule has 0 aliphatic heterocycles. The maximum Gasteiger partial charge on any atom is 0.412 e. The highest BCUT2D eigenvalue weighted by molar-refractivity contribution is 5.85. The molecule has 1 aromatic rings. The Balaban J connectivity index is 2.85. The highest BCUT2D eigenvalue weighted by atomic mass is 16.6. The standard InChI is InChI=1S/C17H25NO3/c1-12(2)15(9-10-19)13-7-6-8-14(11-13)18-16(20)21-17(3,4)5/h6-8,10-12,15H,9H2,1-5H3,(H,18,20). The molecule has 0 saturated heterocycles. The Morgan fingerprint density at radius 3 is 2.52 bits per heavy atom. The van der Waals surface area contributed by atoms with Gasteiger partial charge in [-0.3, -0.25) is 5.32 Å². The topological polar surface area (TPSA) is 55.4 Å². The molecule has 0 saturated carbocycles. The summed E-state index contributed by atoms with van der Waals surface area (Å²) >= 11 is 0. The molecule has 116 valence electrons. The van der Waals surface area contributed by atoms with E-state index in [9.17, 15) is 9.59 Å². The molecule has 4 heteroatoms. The van der Waals surface area contributed by atoms with Gasteiger partial charge in [0.25, 0.3) is 0 Å². The molecule has 4 nitrogen and oxygen atoms in total. The summed E-state index contributed by atoms with van der Waals surface area (Å²) in [7, 11) is 0. The Labute approximate surface area is 126 Å². The van der Waals surface area contributed by atoms with Crippen LogP contribution >= 0.6 is 0 Å². The van der Waals surface area contributed by atoms with Crippen molar-refractivity contribution in [2.75, 3.05) is 5.32 Å². The number of aldehydes is 1. The fraction of sp³-hybridized carbons (Fsp3) is 0.529. The molecule has 1 N–H and O–H groups in total. The van der Waals surface area contributed by atoms with E-state index < -0.39 is 11.7 Å². The first-order valence-electron chi connectivity index (χ1n) is 7.26. The summed E-state index contributed by atoms with van der Waals surface area (Å²) in [6.45, 7) is 9.63. The number of rotatable bonds is 5. The van der Waals surface area contributed by atoms with Gasteiger partial charge in [0.15, 0.2) is 0 Å². The number of benzene rings is 1. The molecule has 0 heterocycles. The van der Waals surface area contributed by atoms with Crippen molar-refractivity contribution in [3.8, 4) is 0 Å². The smallest absolute Gasteiger partial charge is 0.412 e. The van der Waals surface area contributed by atoms with E-state index in [-0.39, 0.29) is 5.92 Å². The first-order valence-corrected chi connectivity index (χ1v) is 7.26. The van der Waals surface area contributed by atoms with Gasteiger partial charge in [0, 0.05) is 12.1 Å². The maximum absolute atomic E-state index is 11.8. The minimum Gasteiger partial charge on any atom is -0.444 e. The Kier molecular flexibility index (Phi) is 5.94. The second-order valence-corrected chi connectivity index (χ2v) is 6.51. The number of amides is 1. The predicted molar refractivity (Wildman–Crippen MR) is 84.6 cm³/mol. The van der Waals surface area contributed by atoms with E-state index in [4.69, 9.17) is 4.74 Å². The average molecular weight is 291 g/mol. The van der Waals surface area contributed by atoms with E-state index in [1.54, 1.807) is 0 Å². The second-order valence-electron chi connectivity index (χ2n) is 6.51. The molecule has 0 fully saturated rings. The second kappa shape index (κ2) is 7.25. The molecule has 1 unspecified atom stereocenters. The Morgan fingerprint density at radius 2 is 2.00 bits per heavy atom. The molecule has 1 aromatic carbocycles. The van der Waals surface area contributed by atoms with Crippen molar-refractivity contribution >= 4 is 18.1 Å². The number of carbonyl (C=O) groups is 2. The lowest BCUT2D eigenvalue weighted by molar-refractivity contribution is -0.108. The number of anilines is 1. The van der Waals surface area contributed by atoms with Crippen LogP contribution in [0, 0.1) is 5.92 Å². The largest absolute Gasteiger partial charge is 0.444 e. The monoisotopic (exact) mass is 291 g/mol. The zero-order chi connectivity index (χ0) is 16.0. The first kappa shape index (κ1) is 17.2. The van der Waals surface area contributed by atoms with Crippen molar-refractivity contribution in [2.45, 2.75) is 52.6 Å². The van der Waals surface area contributed by atoms with Crippen molar-refractivity contribution in [2.24, 2.45) is 5.92 Å². The molecule has 0 aliphatic carbocycles. The number of nitrogens with one attached hydrogen (secondary N) is 1. The normalized spacial score (nSPS) is 12.9. The van der Waals surface area contributed by atoms with E-state index in [1.165, 1.54) is 0 Å². The maximum atomic E-state index is 11.8. The quantitative estimate of drug-likeness (QED) is 0.820. The zero-order valence-electron chi connectivity index (χ0n) is 13.5. The number of carbonyl (C=O) groups excluding carboxylic acids is 2. The predicted octanol–water partition coefficient (Wildman–Crippen LogP) is 4.36. The van der Waals surface area contributed by atoms with Crippen LogP contribution in [0.2, 0.25) is 0 Å². The Bertz CT molecular complexity index is 489. The van der Waals surface area contributed by atoms with E-state index in [1.807, 2.05) is 45.0 Å². The van der Waals surface area contributed by atoms with Gasteiger partial charge in [-0.2, -0.15) is 0 Å². The molecule has 1 atom stereocenters. The van der Waals surface area contributed by atoms with E-state index >= 15 is 0 Å². The summed E-state index contributed by atoms with van der Waals surface area (Å²) in [6, 6.07) is 7.57. The van der Waals surface area contributed by atoms with Crippen LogP contribution in [0.3, 0.4) is 0 Å². The van der Waals surface area contributed by atoms with Crippen LogP contribution in [-0.2, 0) is 9.53 Å². The molecular formula is C17H25NO3. The molecule has 0 bridgehead atoms. The van der Waals surface area contributed by atoms with Gasteiger partial charge in [-0.25, -0.2) is 4.79 Å². The van der Waals surface area contributed by atoms with Gasteiger partial charge >= 0.3 is 6.09 Å². The molecule has 0 aliphatic rings. The lowest BCUT2D eigenvalue weighted by atomic mass is 9.86. The SMILES string of the molecule is CC(C)C(CC=O)c1cccc(NC(=O)OC(C)(C)C)c1.